The fraction of sp³-hybridized carbons (Fsp3) is 0.929. The van der Waals surface area contributed by atoms with E-state index in [1.165, 1.54) is 38.5 Å². The molecule has 15 heavy (non-hydrogen) atoms. The first-order valence-corrected chi connectivity index (χ1v) is 6.71. The zero-order valence-electron chi connectivity index (χ0n) is 9.87. The average Bonchev–Trinajstić information content (AvgIpc) is 2.55. The van der Waals surface area contributed by atoms with E-state index in [2.05, 4.69) is 6.92 Å². The summed E-state index contributed by atoms with van der Waals surface area (Å²) < 4.78 is 0. The number of hydrogen-bond acceptors (Lipinski definition) is 0. The van der Waals surface area contributed by atoms with Crippen molar-refractivity contribution in [3.63, 3.8) is 0 Å². The molecule has 0 nitrogen and oxygen atoms in total. The molecule has 0 aromatic carbocycles. The second kappa shape index (κ2) is 4.90. The van der Waals surface area contributed by atoms with Crippen LogP contribution in [0.3, 0.4) is 0 Å². The van der Waals surface area contributed by atoms with Crippen LogP contribution >= 0.6 is 0 Å². The molecule has 3 aliphatic rings. The summed E-state index contributed by atoms with van der Waals surface area (Å²) in [7, 11) is 0. The standard InChI is InChI=1S/C14H23.W/c1-10-11-6-2-4-8-13(11)14-9-5-3-7-12(10)14;/h11-14H,2-9H2,1H3;/q-1;. The van der Waals surface area contributed by atoms with Crippen molar-refractivity contribution in [2.45, 2.75) is 58.3 Å². The first-order valence-electron chi connectivity index (χ1n) is 6.71. The van der Waals surface area contributed by atoms with Gasteiger partial charge >= 0.3 is 0 Å². The molecule has 0 saturated heterocycles. The molecule has 0 aromatic heterocycles. The average molecular weight is 375 g/mol. The summed E-state index contributed by atoms with van der Waals surface area (Å²) in [6.45, 7) is 2.49. The molecular weight excluding hydrogens is 352 g/mol. The van der Waals surface area contributed by atoms with Gasteiger partial charge in [-0.05, 0) is 0 Å². The topological polar surface area (TPSA) is 0 Å². The van der Waals surface area contributed by atoms with Crippen molar-refractivity contribution in [1.82, 2.24) is 0 Å². The number of hydrogen-bond donors (Lipinski definition) is 0. The van der Waals surface area contributed by atoms with Crippen molar-refractivity contribution < 1.29 is 21.1 Å². The molecule has 0 bridgehead atoms. The van der Waals surface area contributed by atoms with E-state index < -0.39 is 0 Å². The van der Waals surface area contributed by atoms with Gasteiger partial charge in [-0.3, -0.25) is 0 Å². The van der Waals surface area contributed by atoms with Gasteiger partial charge in [-0.25, -0.2) is 0 Å². The smallest absolute Gasteiger partial charge is 0 e. The summed E-state index contributed by atoms with van der Waals surface area (Å²) >= 11 is 0. The van der Waals surface area contributed by atoms with Gasteiger partial charge in [0, 0.05) is 21.1 Å². The van der Waals surface area contributed by atoms with Crippen molar-refractivity contribution in [3.8, 4) is 0 Å². The van der Waals surface area contributed by atoms with Crippen LogP contribution in [0.5, 0.6) is 0 Å². The quantitative estimate of drug-likeness (QED) is 0.557. The maximum Gasteiger partial charge on any atom is 0 e. The van der Waals surface area contributed by atoms with E-state index in [9.17, 15) is 0 Å². The Labute approximate surface area is 109 Å². The van der Waals surface area contributed by atoms with Crippen LogP contribution in [0.2, 0.25) is 0 Å². The third-order valence-electron chi connectivity index (χ3n) is 5.36. The van der Waals surface area contributed by atoms with Crippen molar-refractivity contribution in [2.24, 2.45) is 23.7 Å². The molecule has 0 radical (unpaired) electrons. The van der Waals surface area contributed by atoms with E-state index in [0.717, 1.165) is 23.7 Å². The molecule has 0 aromatic rings. The first-order chi connectivity index (χ1) is 6.88. The molecule has 4 unspecified atom stereocenters. The van der Waals surface area contributed by atoms with Crippen LogP contribution in [0, 0.1) is 29.6 Å². The zero-order valence-corrected chi connectivity index (χ0v) is 12.8. The molecule has 3 saturated carbocycles. The Morgan fingerprint density at radius 1 is 0.733 bits per heavy atom. The first kappa shape index (κ1) is 12.2. The van der Waals surface area contributed by atoms with Crippen LogP contribution in [-0.4, -0.2) is 0 Å². The van der Waals surface area contributed by atoms with Gasteiger partial charge in [0.15, 0.2) is 0 Å². The largest absolute Gasteiger partial charge is 0.310 e. The second-order valence-electron chi connectivity index (χ2n) is 5.85. The minimum atomic E-state index is 0. The Balaban J connectivity index is 0.000000853. The summed E-state index contributed by atoms with van der Waals surface area (Å²) in [6, 6.07) is 0. The molecule has 0 amide bonds. The SMILES string of the molecule is C[C-]1C2CCCCC2C2CCCCC12.[W]. The van der Waals surface area contributed by atoms with E-state index in [1.807, 2.05) is 5.92 Å². The molecule has 0 spiro atoms. The third kappa shape index (κ3) is 1.97. The molecule has 86 valence electrons. The van der Waals surface area contributed by atoms with E-state index in [-0.39, 0.29) is 21.1 Å². The predicted octanol–water partition coefficient (Wildman–Crippen LogP) is 4.20. The van der Waals surface area contributed by atoms with Gasteiger partial charge in [-0.15, -0.1) is 0 Å². The van der Waals surface area contributed by atoms with Gasteiger partial charge in [0.05, 0.1) is 0 Å². The molecule has 0 N–H and O–H groups in total. The van der Waals surface area contributed by atoms with Crippen LogP contribution in [-0.2, 0) is 21.1 Å². The Morgan fingerprint density at radius 2 is 1.13 bits per heavy atom. The van der Waals surface area contributed by atoms with Crippen LogP contribution in [0.4, 0.5) is 0 Å². The van der Waals surface area contributed by atoms with Gasteiger partial charge in [0.2, 0.25) is 0 Å². The zero-order chi connectivity index (χ0) is 9.54. The van der Waals surface area contributed by atoms with Crippen molar-refractivity contribution in [2.75, 3.05) is 0 Å². The Morgan fingerprint density at radius 3 is 1.60 bits per heavy atom. The van der Waals surface area contributed by atoms with Crippen LogP contribution in [0.15, 0.2) is 0 Å². The fourth-order valence-electron chi connectivity index (χ4n) is 4.75. The molecule has 3 fully saturated rings. The maximum absolute atomic E-state index is 2.49. The van der Waals surface area contributed by atoms with Crippen molar-refractivity contribution in [1.29, 1.82) is 0 Å². The summed E-state index contributed by atoms with van der Waals surface area (Å²) in [5.74, 6) is 6.26. The van der Waals surface area contributed by atoms with E-state index in [0.29, 0.717) is 0 Å². The Hall–Kier alpha value is 0.688. The Kier molecular flexibility index (Phi) is 3.97. The minimum absolute atomic E-state index is 0. The van der Waals surface area contributed by atoms with E-state index in [1.54, 1.807) is 12.8 Å². The van der Waals surface area contributed by atoms with Gasteiger partial charge < -0.3 is 5.92 Å². The normalized spacial score (nSPS) is 45.4. The van der Waals surface area contributed by atoms with Crippen molar-refractivity contribution in [3.05, 3.63) is 5.92 Å². The van der Waals surface area contributed by atoms with Crippen LogP contribution < -0.4 is 0 Å². The molecule has 4 atom stereocenters. The van der Waals surface area contributed by atoms with E-state index >= 15 is 0 Å². The van der Waals surface area contributed by atoms with Gasteiger partial charge in [0.25, 0.3) is 0 Å². The Bertz CT molecular complexity index is 191. The minimum Gasteiger partial charge on any atom is -0.310 e. The van der Waals surface area contributed by atoms with Crippen molar-refractivity contribution >= 4 is 0 Å². The molecule has 3 aliphatic carbocycles. The third-order valence-corrected chi connectivity index (χ3v) is 5.36. The summed E-state index contributed by atoms with van der Waals surface area (Å²) in [5.41, 5.74) is 0. The molecular formula is C14H23W-. The van der Waals surface area contributed by atoms with Crippen LogP contribution in [0.1, 0.15) is 58.3 Å². The molecule has 0 aliphatic heterocycles. The monoisotopic (exact) mass is 375 g/mol. The molecule has 0 heterocycles. The second-order valence-corrected chi connectivity index (χ2v) is 5.85. The summed E-state index contributed by atoms with van der Waals surface area (Å²) in [4.78, 5) is 0. The number of fused-ring (bicyclic) bond motifs is 3. The van der Waals surface area contributed by atoms with Gasteiger partial charge in [-0.2, -0.15) is 18.8 Å². The van der Waals surface area contributed by atoms with Crippen LogP contribution in [0.25, 0.3) is 0 Å². The summed E-state index contributed by atoms with van der Waals surface area (Å²) in [6.07, 6.45) is 12.3. The van der Waals surface area contributed by atoms with Gasteiger partial charge in [-0.1, -0.05) is 63.2 Å². The predicted molar refractivity (Wildman–Crippen MR) is 59.8 cm³/mol. The fourth-order valence-corrected chi connectivity index (χ4v) is 4.75. The van der Waals surface area contributed by atoms with Gasteiger partial charge in [0.1, 0.15) is 0 Å². The molecule has 1 heteroatoms. The van der Waals surface area contributed by atoms with E-state index in [4.69, 9.17) is 0 Å². The molecule has 3 rings (SSSR count). The maximum atomic E-state index is 2.49. The number of rotatable bonds is 0. The summed E-state index contributed by atoms with van der Waals surface area (Å²) in [5, 5.41) is 0.